The quantitative estimate of drug-likeness (QED) is 0.896. The second-order valence-corrected chi connectivity index (χ2v) is 5.83. The van der Waals surface area contributed by atoms with Crippen molar-refractivity contribution in [3.63, 3.8) is 0 Å². The first-order valence-corrected chi connectivity index (χ1v) is 7.13. The Morgan fingerprint density at radius 2 is 1.83 bits per heavy atom. The molecular formula is C12H12N2O3S. The van der Waals surface area contributed by atoms with Crippen LogP contribution in [-0.2, 0) is 16.4 Å². The third-order valence-electron chi connectivity index (χ3n) is 2.43. The minimum absolute atomic E-state index is 0.227. The Morgan fingerprint density at radius 3 is 2.39 bits per heavy atom. The highest BCUT2D eigenvalue weighted by Gasteiger charge is 2.07. The molecule has 18 heavy (non-hydrogen) atoms. The van der Waals surface area contributed by atoms with Crippen LogP contribution < -0.4 is 0 Å². The second kappa shape index (κ2) is 4.83. The van der Waals surface area contributed by atoms with E-state index >= 15 is 0 Å². The summed E-state index contributed by atoms with van der Waals surface area (Å²) in [5.74, 6) is 0.333. The van der Waals surface area contributed by atoms with Gasteiger partial charge in [-0.15, -0.1) is 0 Å². The Balaban J connectivity index is 2.40. The van der Waals surface area contributed by atoms with Gasteiger partial charge in [0.05, 0.1) is 10.6 Å². The number of hydrogen-bond acceptors (Lipinski definition) is 5. The molecule has 2 aromatic rings. The van der Waals surface area contributed by atoms with E-state index in [0.717, 1.165) is 11.8 Å². The number of aliphatic hydroxyl groups is 1. The molecule has 0 spiro atoms. The minimum atomic E-state index is -3.19. The van der Waals surface area contributed by atoms with E-state index < -0.39 is 9.84 Å². The highest BCUT2D eigenvalue weighted by Crippen LogP contribution is 2.19. The molecule has 1 heterocycles. The lowest BCUT2D eigenvalue weighted by Crippen LogP contribution is -1.98. The number of rotatable bonds is 3. The van der Waals surface area contributed by atoms with Gasteiger partial charge in [0.25, 0.3) is 0 Å². The maximum atomic E-state index is 11.3. The van der Waals surface area contributed by atoms with Gasteiger partial charge < -0.3 is 5.11 Å². The average Bonchev–Trinajstić information content (AvgIpc) is 2.38. The van der Waals surface area contributed by atoms with Crippen molar-refractivity contribution in [3.8, 4) is 11.3 Å². The van der Waals surface area contributed by atoms with E-state index in [0.29, 0.717) is 11.5 Å². The van der Waals surface area contributed by atoms with Crippen LogP contribution in [0.1, 0.15) is 5.82 Å². The van der Waals surface area contributed by atoms with Crippen molar-refractivity contribution in [3.05, 3.63) is 42.4 Å². The van der Waals surface area contributed by atoms with Crippen molar-refractivity contribution in [1.82, 2.24) is 9.97 Å². The molecule has 6 heteroatoms. The van der Waals surface area contributed by atoms with Crippen molar-refractivity contribution in [1.29, 1.82) is 0 Å². The van der Waals surface area contributed by atoms with E-state index in [4.69, 9.17) is 5.11 Å². The van der Waals surface area contributed by atoms with Gasteiger partial charge in [-0.2, -0.15) is 0 Å². The molecule has 0 saturated carbocycles. The van der Waals surface area contributed by atoms with Gasteiger partial charge in [0, 0.05) is 18.0 Å². The van der Waals surface area contributed by atoms with Crippen molar-refractivity contribution in [2.24, 2.45) is 0 Å². The third-order valence-corrected chi connectivity index (χ3v) is 3.55. The molecule has 0 aliphatic carbocycles. The minimum Gasteiger partial charge on any atom is -0.388 e. The van der Waals surface area contributed by atoms with E-state index in [1.165, 1.54) is 12.1 Å². The Hall–Kier alpha value is -1.79. The smallest absolute Gasteiger partial charge is 0.175 e. The molecule has 1 N–H and O–H groups in total. The zero-order valence-corrected chi connectivity index (χ0v) is 10.6. The van der Waals surface area contributed by atoms with E-state index in [1.807, 2.05) is 0 Å². The predicted molar refractivity (Wildman–Crippen MR) is 66.5 cm³/mol. The number of aromatic nitrogens is 2. The Kier molecular flexibility index (Phi) is 3.40. The van der Waals surface area contributed by atoms with Gasteiger partial charge in [0.1, 0.15) is 6.61 Å². The van der Waals surface area contributed by atoms with Gasteiger partial charge in [-0.25, -0.2) is 18.4 Å². The molecule has 0 atom stereocenters. The fourth-order valence-corrected chi connectivity index (χ4v) is 2.14. The summed E-state index contributed by atoms with van der Waals surface area (Å²) in [5, 5.41) is 8.96. The van der Waals surface area contributed by atoms with Gasteiger partial charge in [0.2, 0.25) is 0 Å². The number of benzene rings is 1. The Morgan fingerprint density at radius 1 is 1.17 bits per heavy atom. The van der Waals surface area contributed by atoms with Crippen LogP contribution in [0.15, 0.2) is 41.4 Å². The second-order valence-electron chi connectivity index (χ2n) is 3.81. The highest BCUT2D eigenvalue weighted by molar-refractivity contribution is 7.90. The van der Waals surface area contributed by atoms with Crippen LogP contribution in [0.25, 0.3) is 11.3 Å². The van der Waals surface area contributed by atoms with E-state index in [9.17, 15) is 8.42 Å². The fourth-order valence-electron chi connectivity index (χ4n) is 1.51. The summed E-state index contributed by atoms with van der Waals surface area (Å²) in [5.41, 5.74) is 1.42. The SMILES string of the molecule is CS(=O)(=O)c1ccc(-c2ccnc(CO)n2)cc1. The molecule has 0 saturated heterocycles. The monoisotopic (exact) mass is 264 g/mol. The van der Waals surface area contributed by atoms with Crippen molar-refractivity contribution >= 4 is 9.84 Å². The summed E-state index contributed by atoms with van der Waals surface area (Å²) in [4.78, 5) is 8.29. The van der Waals surface area contributed by atoms with Crippen molar-refractivity contribution < 1.29 is 13.5 Å². The van der Waals surface area contributed by atoms with Crippen LogP contribution in [0.2, 0.25) is 0 Å². The molecule has 0 aliphatic heterocycles. The normalized spacial score (nSPS) is 11.4. The summed E-state index contributed by atoms with van der Waals surface area (Å²) >= 11 is 0. The molecule has 5 nitrogen and oxygen atoms in total. The van der Waals surface area contributed by atoms with Crippen LogP contribution in [-0.4, -0.2) is 29.7 Å². The van der Waals surface area contributed by atoms with E-state index in [1.54, 1.807) is 24.4 Å². The largest absolute Gasteiger partial charge is 0.388 e. The van der Waals surface area contributed by atoms with E-state index in [-0.39, 0.29) is 11.5 Å². The summed E-state index contributed by atoms with van der Waals surface area (Å²) < 4.78 is 22.6. The lowest BCUT2D eigenvalue weighted by atomic mass is 10.1. The topological polar surface area (TPSA) is 80.2 Å². The van der Waals surface area contributed by atoms with Gasteiger partial charge in [0.15, 0.2) is 15.7 Å². The van der Waals surface area contributed by atoms with Gasteiger partial charge >= 0.3 is 0 Å². The van der Waals surface area contributed by atoms with Crippen LogP contribution in [0.3, 0.4) is 0 Å². The first-order valence-electron chi connectivity index (χ1n) is 5.24. The highest BCUT2D eigenvalue weighted by atomic mass is 32.2. The van der Waals surface area contributed by atoms with Gasteiger partial charge in [-0.05, 0) is 18.2 Å². The fraction of sp³-hybridized carbons (Fsp3) is 0.167. The summed E-state index contributed by atoms with van der Waals surface area (Å²) in [6, 6.07) is 8.13. The maximum absolute atomic E-state index is 11.3. The number of aliphatic hydroxyl groups excluding tert-OH is 1. The molecule has 0 unspecified atom stereocenters. The van der Waals surface area contributed by atoms with Crippen LogP contribution >= 0.6 is 0 Å². The molecule has 1 aromatic heterocycles. The molecular weight excluding hydrogens is 252 g/mol. The van der Waals surface area contributed by atoms with E-state index in [2.05, 4.69) is 9.97 Å². The van der Waals surface area contributed by atoms with Crippen LogP contribution in [0, 0.1) is 0 Å². The lowest BCUT2D eigenvalue weighted by Gasteiger charge is -2.03. The van der Waals surface area contributed by atoms with Crippen molar-refractivity contribution in [2.75, 3.05) is 6.26 Å². The molecule has 0 aliphatic rings. The molecule has 0 radical (unpaired) electrons. The maximum Gasteiger partial charge on any atom is 0.175 e. The van der Waals surface area contributed by atoms with Crippen molar-refractivity contribution in [2.45, 2.75) is 11.5 Å². The molecule has 1 aromatic carbocycles. The lowest BCUT2D eigenvalue weighted by molar-refractivity contribution is 0.271. The number of nitrogens with zero attached hydrogens (tertiary/aromatic N) is 2. The molecule has 0 bridgehead atoms. The Bertz CT molecular complexity index is 651. The summed E-state index contributed by atoms with van der Waals surface area (Å²) in [7, 11) is -3.19. The first kappa shape index (κ1) is 12.7. The average molecular weight is 264 g/mol. The first-order chi connectivity index (χ1) is 8.50. The molecule has 0 fully saturated rings. The zero-order chi connectivity index (χ0) is 13.2. The third kappa shape index (κ3) is 2.72. The summed E-state index contributed by atoms with van der Waals surface area (Å²) in [6.07, 6.45) is 2.72. The molecule has 2 rings (SSSR count). The zero-order valence-electron chi connectivity index (χ0n) is 9.74. The number of hydrogen-bond donors (Lipinski definition) is 1. The van der Waals surface area contributed by atoms with Crippen LogP contribution in [0.5, 0.6) is 0 Å². The molecule has 0 amide bonds. The number of sulfone groups is 1. The Labute approximate surface area is 105 Å². The standard InChI is InChI=1S/C12H12N2O3S/c1-18(16,17)10-4-2-9(3-5-10)11-6-7-13-12(8-15)14-11/h2-7,15H,8H2,1H3. The van der Waals surface area contributed by atoms with Gasteiger partial charge in [-0.3, -0.25) is 0 Å². The molecule has 94 valence electrons. The predicted octanol–water partition coefficient (Wildman–Crippen LogP) is 1.04. The van der Waals surface area contributed by atoms with Gasteiger partial charge in [-0.1, -0.05) is 12.1 Å². The van der Waals surface area contributed by atoms with Crippen LogP contribution in [0.4, 0.5) is 0 Å². The summed E-state index contributed by atoms with van der Waals surface area (Å²) in [6.45, 7) is -0.227.